The topological polar surface area (TPSA) is 61.2 Å². The second kappa shape index (κ2) is 4.55. The molecule has 0 radical (unpaired) electrons. The molecule has 2 aromatic rings. The number of aldehydes is 1. The number of aromatic nitrogens is 2. The minimum absolute atomic E-state index is 0.000216. The molecule has 1 heterocycles. The standard InChI is InChI=1S/C11H9ClN2O3/c1-17-7-2-3-9-8(6-7)10(16)14(4-5-15)11(12)13-9/h2-3,5-6H,4H2,1H3. The van der Waals surface area contributed by atoms with Gasteiger partial charge in [0.15, 0.2) is 0 Å². The molecule has 0 N–H and O–H groups in total. The maximum atomic E-state index is 12.0. The predicted molar refractivity (Wildman–Crippen MR) is 63.6 cm³/mol. The van der Waals surface area contributed by atoms with E-state index in [9.17, 15) is 9.59 Å². The van der Waals surface area contributed by atoms with Gasteiger partial charge in [0.2, 0.25) is 5.28 Å². The fourth-order valence-electron chi connectivity index (χ4n) is 1.53. The van der Waals surface area contributed by atoms with Crippen molar-refractivity contribution in [2.75, 3.05) is 7.11 Å². The highest BCUT2D eigenvalue weighted by molar-refractivity contribution is 6.28. The van der Waals surface area contributed by atoms with Gasteiger partial charge < -0.3 is 9.53 Å². The largest absolute Gasteiger partial charge is 0.497 e. The Balaban J connectivity index is 2.78. The summed E-state index contributed by atoms with van der Waals surface area (Å²) in [5.41, 5.74) is 0.119. The minimum atomic E-state index is -0.356. The van der Waals surface area contributed by atoms with Crippen molar-refractivity contribution in [1.82, 2.24) is 9.55 Å². The first-order chi connectivity index (χ1) is 8.17. The summed E-state index contributed by atoms with van der Waals surface area (Å²) < 4.78 is 6.14. The van der Waals surface area contributed by atoms with Crippen LogP contribution in [0.25, 0.3) is 10.9 Å². The van der Waals surface area contributed by atoms with Crippen molar-refractivity contribution in [3.63, 3.8) is 0 Å². The highest BCUT2D eigenvalue weighted by atomic mass is 35.5. The Labute approximate surface area is 102 Å². The fraction of sp³-hybridized carbons (Fsp3) is 0.182. The molecule has 0 atom stereocenters. The predicted octanol–water partition coefficient (Wildman–Crippen LogP) is 1.26. The van der Waals surface area contributed by atoms with Gasteiger partial charge in [0.05, 0.1) is 24.6 Å². The quantitative estimate of drug-likeness (QED) is 0.609. The minimum Gasteiger partial charge on any atom is -0.497 e. The van der Waals surface area contributed by atoms with Crippen molar-refractivity contribution < 1.29 is 9.53 Å². The number of halogens is 1. The van der Waals surface area contributed by atoms with Gasteiger partial charge in [-0.25, -0.2) is 4.98 Å². The van der Waals surface area contributed by atoms with Crippen LogP contribution in [0.4, 0.5) is 0 Å². The van der Waals surface area contributed by atoms with Gasteiger partial charge in [-0.05, 0) is 29.8 Å². The molecule has 0 aliphatic carbocycles. The van der Waals surface area contributed by atoms with Crippen LogP contribution in [0.2, 0.25) is 5.28 Å². The van der Waals surface area contributed by atoms with Gasteiger partial charge in [0.25, 0.3) is 5.56 Å². The van der Waals surface area contributed by atoms with Crippen molar-refractivity contribution in [3.8, 4) is 5.75 Å². The summed E-state index contributed by atoms with van der Waals surface area (Å²) in [5.74, 6) is 0.552. The number of ether oxygens (including phenoxy) is 1. The first kappa shape index (κ1) is 11.6. The molecule has 2 rings (SSSR count). The lowest BCUT2D eigenvalue weighted by atomic mass is 10.2. The second-order valence-electron chi connectivity index (χ2n) is 3.35. The van der Waals surface area contributed by atoms with Gasteiger partial charge in [-0.2, -0.15) is 0 Å². The van der Waals surface area contributed by atoms with E-state index in [4.69, 9.17) is 16.3 Å². The molecule has 88 valence electrons. The Kier molecular flexibility index (Phi) is 3.10. The van der Waals surface area contributed by atoms with Crippen LogP contribution in [-0.2, 0) is 11.3 Å². The van der Waals surface area contributed by atoms with Crippen LogP contribution in [0.1, 0.15) is 0 Å². The third-order valence-electron chi connectivity index (χ3n) is 2.37. The van der Waals surface area contributed by atoms with E-state index < -0.39 is 0 Å². The average Bonchev–Trinajstić information content (AvgIpc) is 2.34. The maximum Gasteiger partial charge on any atom is 0.262 e. The first-order valence-corrected chi connectivity index (χ1v) is 5.23. The van der Waals surface area contributed by atoms with E-state index >= 15 is 0 Å². The molecule has 1 aromatic carbocycles. The molecule has 0 amide bonds. The Morgan fingerprint density at radius 3 is 2.94 bits per heavy atom. The molecule has 1 aromatic heterocycles. The number of hydrogen-bond donors (Lipinski definition) is 0. The number of carbonyl (C=O) groups excluding carboxylic acids is 1. The molecule has 0 bridgehead atoms. The average molecular weight is 253 g/mol. The zero-order valence-corrected chi connectivity index (χ0v) is 9.77. The Morgan fingerprint density at radius 2 is 2.29 bits per heavy atom. The van der Waals surface area contributed by atoms with E-state index in [1.54, 1.807) is 18.2 Å². The summed E-state index contributed by atoms with van der Waals surface area (Å²) in [6.07, 6.45) is 0.598. The smallest absolute Gasteiger partial charge is 0.262 e. The fourth-order valence-corrected chi connectivity index (χ4v) is 1.77. The van der Waals surface area contributed by atoms with Gasteiger partial charge in [0.1, 0.15) is 12.0 Å². The first-order valence-electron chi connectivity index (χ1n) is 4.85. The Morgan fingerprint density at radius 1 is 1.53 bits per heavy atom. The van der Waals surface area contributed by atoms with E-state index in [0.717, 1.165) is 4.57 Å². The van der Waals surface area contributed by atoms with Crippen LogP contribution in [0.15, 0.2) is 23.0 Å². The zero-order valence-electron chi connectivity index (χ0n) is 9.01. The van der Waals surface area contributed by atoms with Crippen LogP contribution in [0.5, 0.6) is 5.75 Å². The number of carbonyl (C=O) groups is 1. The molecular weight excluding hydrogens is 244 g/mol. The molecule has 0 spiro atoms. The highest BCUT2D eigenvalue weighted by Gasteiger charge is 2.09. The second-order valence-corrected chi connectivity index (χ2v) is 3.68. The molecule has 0 aliphatic rings. The molecule has 0 aliphatic heterocycles. The summed E-state index contributed by atoms with van der Waals surface area (Å²) in [5, 5.41) is 0.371. The van der Waals surface area contributed by atoms with E-state index in [2.05, 4.69) is 4.98 Å². The molecule has 0 saturated heterocycles. The SMILES string of the molecule is COc1ccc2nc(Cl)n(CC=O)c(=O)c2c1. The summed E-state index contributed by atoms with van der Waals surface area (Å²) in [7, 11) is 1.51. The van der Waals surface area contributed by atoms with E-state index in [0.29, 0.717) is 22.9 Å². The number of methoxy groups -OCH3 is 1. The lowest BCUT2D eigenvalue weighted by molar-refractivity contribution is -0.108. The summed E-state index contributed by atoms with van der Waals surface area (Å²) >= 11 is 5.82. The number of nitrogens with zero attached hydrogens (tertiary/aromatic N) is 2. The molecule has 0 fully saturated rings. The van der Waals surface area contributed by atoms with E-state index in [1.165, 1.54) is 7.11 Å². The summed E-state index contributed by atoms with van der Waals surface area (Å²) in [4.78, 5) is 26.5. The van der Waals surface area contributed by atoms with Crippen LogP contribution in [0.3, 0.4) is 0 Å². The van der Waals surface area contributed by atoms with E-state index in [1.807, 2.05) is 0 Å². The van der Waals surface area contributed by atoms with Crippen LogP contribution in [-0.4, -0.2) is 22.9 Å². The third-order valence-corrected chi connectivity index (χ3v) is 2.66. The number of fused-ring (bicyclic) bond motifs is 1. The van der Waals surface area contributed by atoms with E-state index in [-0.39, 0.29) is 17.4 Å². The maximum absolute atomic E-state index is 12.0. The van der Waals surface area contributed by atoms with Gasteiger partial charge in [-0.15, -0.1) is 0 Å². The lowest BCUT2D eigenvalue weighted by Gasteiger charge is -2.06. The van der Waals surface area contributed by atoms with Crippen molar-refractivity contribution in [1.29, 1.82) is 0 Å². The zero-order chi connectivity index (χ0) is 12.4. The van der Waals surface area contributed by atoms with Crippen LogP contribution in [0, 0.1) is 0 Å². The van der Waals surface area contributed by atoms with Crippen molar-refractivity contribution in [3.05, 3.63) is 33.8 Å². The summed E-state index contributed by atoms with van der Waals surface area (Å²) in [6.45, 7) is -0.113. The molecular formula is C11H9ClN2O3. The van der Waals surface area contributed by atoms with Gasteiger partial charge in [-0.1, -0.05) is 0 Å². The van der Waals surface area contributed by atoms with Gasteiger partial charge >= 0.3 is 0 Å². The monoisotopic (exact) mass is 252 g/mol. The molecule has 17 heavy (non-hydrogen) atoms. The van der Waals surface area contributed by atoms with Gasteiger partial charge in [-0.3, -0.25) is 9.36 Å². The molecule has 6 heteroatoms. The van der Waals surface area contributed by atoms with Gasteiger partial charge in [0, 0.05) is 0 Å². The number of hydrogen-bond acceptors (Lipinski definition) is 4. The lowest BCUT2D eigenvalue weighted by Crippen LogP contribution is -2.22. The highest BCUT2D eigenvalue weighted by Crippen LogP contribution is 2.17. The third kappa shape index (κ3) is 2.01. The molecule has 5 nitrogen and oxygen atoms in total. The Hall–Kier alpha value is -1.88. The van der Waals surface area contributed by atoms with Crippen LogP contribution >= 0.6 is 11.6 Å². The van der Waals surface area contributed by atoms with Crippen molar-refractivity contribution in [2.24, 2.45) is 0 Å². The summed E-state index contributed by atoms with van der Waals surface area (Å²) in [6, 6.07) is 4.91. The number of benzene rings is 1. The van der Waals surface area contributed by atoms with Crippen LogP contribution < -0.4 is 10.3 Å². The van der Waals surface area contributed by atoms with Crippen molar-refractivity contribution >= 4 is 28.8 Å². The normalized spacial score (nSPS) is 10.5. The Bertz CT molecular complexity index is 636. The molecule has 0 unspecified atom stereocenters. The molecule has 0 saturated carbocycles. The van der Waals surface area contributed by atoms with Crippen molar-refractivity contribution in [2.45, 2.75) is 6.54 Å². The number of rotatable bonds is 3.